The number of rotatable bonds is 4. The number of halogens is 2. The SMILES string of the molecule is O=c1c2c(C3CC3)noc2c(Br)nn1CCc1ccc(Cl)cc1. The maximum Gasteiger partial charge on any atom is 0.280 e. The van der Waals surface area contributed by atoms with E-state index in [1.54, 1.807) is 0 Å². The second-order valence-corrected chi connectivity index (χ2v) is 6.93. The molecule has 1 aliphatic carbocycles. The van der Waals surface area contributed by atoms with Gasteiger partial charge in [0.25, 0.3) is 5.56 Å². The number of aryl methyl sites for hydroxylation is 2. The molecule has 1 fully saturated rings. The minimum absolute atomic E-state index is 0.139. The molecule has 7 heteroatoms. The van der Waals surface area contributed by atoms with Crippen molar-refractivity contribution in [3.05, 3.63) is 55.5 Å². The molecule has 3 aromatic rings. The van der Waals surface area contributed by atoms with Crippen molar-refractivity contribution in [2.24, 2.45) is 0 Å². The van der Waals surface area contributed by atoms with E-state index in [9.17, 15) is 4.79 Å². The Morgan fingerprint density at radius 2 is 2.04 bits per heavy atom. The molecule has 0 unspecified atom stereocenters. The van der Waals surface area contributed by atoms with Crippen molar-refractivity contribution >= 4 is 38.5 Å². The van der Waals surface area contributed by atoms with Crippen molar-refractivity contribution in [1.82, 2.24) is 14.9 Å². The second-order valence-electron chi connectivity index (χ2n) is 5.74. The van der Waals surface area contributed by atoms with Crippen molar-refractivity contribution in [3.8, 4) is 0 Å². The molecule has 0 aliphatic heterocycles. The Morgan fingerprint density at radius 3 is 2.74 bits per heavy atom. The quantitative estimate of drug-likeness (QED) is 0.673. The van der Waals surface area contributed by atoms with Crippen molar-refractivity contribution in [1.29, 1.82) is 0 Å². The molecule has 5 nitrogen and oxygen atoms in total. The van der Waals surface area contributed by atoms with Crippen LogP contribution in [0.4, 0.5) is 0 Å². The molecule has 0 spiro atoms. The van der Waals surface area contributed by atoms with Gasteiger partial charge in [0, 0.05) is 17.5 Å². The summed E-state index contributed by atoms with van der Waals surface area (Å²) in [5, 5.41) is 9.62. The van der Waals surface area contributed by atoms with Crippen LogP contribution >= 0.6 is 27.5 Å². The summed E-state index contributed by atoms with van der Waals surface area (Å²) in [6.45, 7) is 0.490. The van der Waals surface area contributed by atoms with E-state index in [-0.39, 0.29) is 5.56 Å². The molecule has 0 radical (unpaired) electrons. The lowest BCUT2D eigenvalue weighted by molar-refractivity contribution is 0.442. The Hall–Kier alpha value is -1.66. The third kappa shape index (κ3) is 2.81. The number of aromatic nitrogens is 3. The van der Waals surface area contributed by atoms with Crippen molar-refractivity contribution < 1.29 is 4.52 Å². The standard InChI is InChI=1S/C16H13BrClN3O2/c17-15-14-12(13(20-23-14)10-3-4-10)16(22)21(19-15)8-7-9-1-5-11(18)6-2-9/h1-2,5-6,10H,3-4,7-8H2. The van der Waals surface area contributed by atoms with E-state index in [1.807, 2.05) is 24.3 Å². The Balaban J connectivity index is 1.69. The zero-order valence-electron chi connectivity index (χ0n) is 12.1. The molecule has 23 heavy (non-hydrogen) atoms. The predicted molar refractivity (Wildman–Crippen MR) is 90.9 cm³/mol. The molecule has 4 rings (SSSR count). The lowest BCUT2D eigenvalue weighted by atomic mass is 10.1. The van der Waals surface area contributed by atoms with E-state index < -0.39 is 0 Å². The summed E-state index contributed by atoms with van der Waals surface area (Å²) < 4.78 is 7.30. The number of hydrogen-bond acceptors (Lipinski definition) is 4. The smallest absolute Gasteiger partial charge is 0.280 e. The summed E-state index contributed by atoms with van der Waals surface area (Å²) in [7, 11) is 0. The van der Waals surface area contributed by atoms with E-state index in [0.29, 0.717) is 39.5 Å². The molecule has 2 heterocycles. The number of hydrogen-bond donors (Lipinski definition) is 0. The van der Waals surface area contributed by atoms with Crippen LogP contribution in [-0.2, 0) is 13.0 Å². The molecular weight excluding hydrogens is 382 g/mol. The Kier molecular flexibility index (Phi) is 3.73. The van der Waals surface area contributed by atoms with E-state index in [4.69, 9.17) is 16.1 Å². The molecule has 0 bridgehead atoms. The Bertz CT molecular complexity index is 929. The van der Waals surface area contributed by atoms with Crippen LogP contribution in [-0.4, -0.2) is 14.9 Å². The average molecular weight is 395 g/mol. The lowest BCUT2D eigenvalue weighted by Crippen LogP contribution is -2.24. The molecule has 0 saturated heterocycles. The van der Waals surface area contributed by atoms with Gasteiger partial charge in [-0.1, -0.05) is 28.9 Å². The van der Waals surface area contributed by atoms with Crippen molar-refractivity contribution in [2.45, 2.75) is 31.7 Å². The highest BCUT2D eigenvalue weighted by Gasteiger charge is 2.31. The molecule has 0 atom stereocenters. The van der Waals surface area contributed by atoms with Crippen LogP contribution in [0, 0.1) is 0 Å². The number of nitrogens with zero attached hydrogens (tertiary/aromatic N) is 3. The van der Waals surface area contributed by atoms with Gasteiger partial charge >= 0.3 is 0 Å². The lowest BCUT2D eigenvalue weighted by Gasteiger charge is -2.06. The minimum atomic E-state index is -0.139. The molecule has 2 aromatic heterocycles. The van der Waals surface area contributed by atoms with Gasteiger partial charge in [0.2, 0.25) is 5.58 Å². The van der Waals surface area contributed by atoms with Crippen LogP contribution in [0.15, 0.2) is 38.2 Å². The van der Waals surface area contributed by atoms with Gasteiger partial charge in [-0.3, -0.25) is 4.79 Å². The van der Waals surface area contributed by atoms with Gasteiger partial charge < -0.3 is 4.52 Å². The van der Waals surface area contributed by atoms with Gasteiger partial charge in [-0.15, -0.1) is 0 Å². The van der Waals surface area contributed by atoms with Gasteiger partial charge in [-0.2, -0.15) is 5.10 Å². The van der Waals surface area contributed by atoms with Crippen LogP contribution in [0.25, 0.3) is 11.0 Å². The predicted octanol–water partition coefficient (Wildman–Crippen LogP) is 3.92. The zero-order chi connectivity index (χ0) is 16.0. The zero-order valence-corrected chi connectivity index (χ0v) is 14.5. The van der Waals surface area contributed by atoms with E-state index in [1.165, 1.54) is 4.68 Å². The van der Waals surface area contributed by atoms with Gasteiger partial charge in [0.1, 0.15) is 11.1 Å². The number of benzene rings is 1. The summed E-state index contributed by atoms with van der Waals surface area (Å²) in [6.07, 6.45) is 2.82. The van der Waals surface area contributed by atoms with Crippen LogP contribution in [0.1, 0.15) is 30.0 Å². The molecular formula is C16H13BrClN3O2. The first kappa shape index (κ1) is 14.9. The fourth-order valence-corrected chi connectivity index (χ4v) is 3.24. The highest BCUT2D eigenvalue weighted by Crippen LogP contribution is 2.42. The third-order valence-corrected chi connectivity index (χ3v) is 4.82. The second kappa shape index (κ2) is 5.76. The van der Waals surface area contributed by atoms with Crippen molar-refractivity contribution in [3.63, 3.8) is 0 Å². The molecule has 118 valence electrons. The van der Waals surface area contributed by atoms with Crippen LogP contribution in [0.3, 0.4) is 0 Å². The first-order chi connectivity index (χ1) is 11.1. The van der Waals surface area contributed by atoms with E-state index in [0.717, 1.165) is 24.1 Å². The monoisotopic (exact) mass is 393 g/mol. The summed E-state index contributed by atoms with van der Waals surface area (Å²) in [4.78, 5) is 12.7. The number of fused-ring (bicyclic) bond motifs is 1. The largest absolute Gasteiger partial charge is 0.353 e. The molecule has 1 aliphatic rings. The molecule has 0 N–H and O–H groups in total. The maximum absolute atomic E-state index is 12.7. The van der Waals surface area contributed by atoms with Gasteiger partial charge in [-0.05, 0) is 52.9 Å². The van der Waals surface area contributed by atoms with Gasteiger partial charge in [0.05, 0.1) is 0 Å². The van der Waals surface area contributed by atoms with Crippen LogP contribution in [0.5, 0.6) is 0 Å². The van der Waals surface area contributed by atoms with Crippen molar-refractivity contribution in [2.75, 3.05) is 0 Å². The maximum atomic E-state index is 12.7. The highest BCUT2D eigenvalue weighted by atomic mass is 79.9. The average Bonchev–Trinajstić information content (AvgIpc) is 3.29. The summed E-state index contributed by atoms with van der Waals surface area (Å²) in [5.74, 6) is 0.350. The van der Waals surface area contributed by atoms with Gasteiger partial charge in [-0.25, -0.2) is 4.68 Å². The highest BCUT2D eigenvalue weighted by molar-refractivity contribution is 9.10. The van der Waals surface area contributed by atoms with E-state index in [2.05, 4.69) is 26.2 Å². The molecule has 0 amide bonds. The fraction of sp³-hybridized carbons (Fsp3) is 0.312. The van der Waals surface area contributed by atoms with Crippen LogP contribution in [0.2, 0.25) is 5.02 Å². The summed E-state index contributed by atoms with van der Waals surface area (Å²) in [5.41, 5.74) is 2.18. The Labute approximate surface area is 145 Å². The topological polar surface area (TPSA) is 60.9 Å². The fourth-order valence-electron chi connectivity index (χ4n) is 2.65. The van der Waals surface area contributed by atoms with E-state index >= 15 is 0 Å². The molecule has 1 aromatic carbocycles. The normalized spacial score (nSPS) is 14.5. The van der Waals surface area contributed by atoms with Gasteiger partial charge in [0.15, 0.2) is 4.60 Å². The third-order valence-electron chi connectivity index (χ3n) is 4.05. The first-order valence-electron chi connectivity index (χ1n) is 7.44. The molecule has 1 saturated carbocycles. The van der Waals surface area contributed by atoms with Crippen LogP contribution < -0.4 is 5.56 Å². The summed E-state index contributed by atoms with van der Waals surface area (Å²) in [6, 6.07) is 7.60. The minimum Gasteiger partial charge on any atom is -0.353 e. The Morgan fingerprint density at radius 1 is 1.30 bits per heavy atom. The first-order valence-corrected chi connectivity index (χ1v) is 8.61. The summed E-state index contributed by atoms with van der Waals surface area (Å²) >= 11 is 9.27.